The number of carbonyl (C=O) groups excluding carboxylic acids is 4. The van der Waals surface area contributed by atoms with Crippen LogP contribution in [0.4, 0.5) is 0 Å². The lowest BCUT2D eigenvalue weighted by Crippen LogP contribution is -2.60. The van der Waals surface area contributed by atoms with E-state index in [4.69, 9.17) is 21.3 Å². The van der Waals surface area contributed by atoms with Gasteiger partial charge < -0.3 is 57.3 Å². The number of hydrogen-bond acceptors (Lipinski definition) is 13. The Labute approximate surface area is 260 Å². The van der Waals surface area contributed by atoms with Gasteiger partial charge in [0.1, 0.15) is 24.7 Å². The highest BCUT2D eigenvalue weighted by atomic mass is 16.6. The Bertz CT molecular complexity index is 879. The molecule has 0 saturated carbocycles. The maximum atomic E-state index is 13.1. The van der Waals surface area contributed by atoms with Crippen molar-refractivity contribution < 1.29 is 38.9 Å². The highest BCUT2D eigenvalue weighted by molar-refractivity contribution is 5.97. The lowest BCUT2D eigenvalue weighted by molar-refractivity contribution is -0.173. The first-order chi connectivity index (χ1) is 20.9. The highest BCUT2D eigenvalue weighted by Crippen LogP contribution is 2.10. The number of aliphatic carboxylic acids is 1. The molecule has 0 aromatic heterocycles. The molecule has 0 aromatic carbocycles. The SMILES string of the molecule is CC=CCCC(NC(C=O)C(C)NC(C=O)C(=O)NC(CCCNC(C)NC)C(=O)OC(O)CCC(=O)O)C(N)CCCN. The molecule has 15 nitrogen and oxygen atoms in total. The van der Waals surface area contributed by atoms with Gasteiger partial charge >= 0.3 is 11.9 Å². The summed E-state index contributed by atoms with van der Waals surface area (Å²) in [7, 11) is 1.77. The van der Waals surface area contributed by atoms with Gasteiger partial charge in [0, 0.05) is 24.5 Å². The van der Waals surface area contributed by atoms with E-state index in [0.717, 1.165) is 12.8 Å². The summed E-state index contributed by atoms with van der Waals surface area (Å²) in [6.07, 6.45) is 5.84. The molecule has 8 atom stereocenters. The molecule has 254 valence electrons. The second kappa shape index (κ2) is 24.5. The summed E-state index contributed by atoms with van der Waals surface area (Å²) in [6.45, 7) is 6.42. The fourth-order valence-electron chi connectivity index (χ4n) is 4.29. The first kappa shape index (κ1) is 41.2. The normalized spacial score (nSPS) is 17.1. The average molecular weight is 630 g/mol. The van der Waals surface area contributed by atoms with E-state index in [1.165, 1.54) is 0 Å². The van der Waals surface area contributed by atoms with Crippen LogP contribution in [-0.4, -0.2) is 109 Å². The number of aldehydes is 2. The third kappa shape index (κ3) is 18.1. The van der Waals surface area contributed by atoms with Crippen molar-refractivity contribution in [3.8, 4) is 0 Å². The number of carboxylic acids is 1. The van der Waals surface area contributed by atoms with Gasteiger partial charge in [-0.05, 0) is 79.4 Å². The lowest BCUT2D eigenvalue weighted by Gasteiger charge is -2.31. The number of esters is 1. The van der Waals surface area contributed by atoms with Crippen LogP contribution in [0.15, 0.2) is 12.2 Å². The van der Waals surface area contributed by atoms with E-state index in [-0.39, 0.29) is 31.1 Å². The number of ether oxygens (including phenoxy) is 1. The molecule has 0 aromatic rings. The summed E-state index contributed by atoms with van der Waals surface area (Å²) >= 11 is 0. The summed E-state index contributed by atoms with van der Waals surface area (Å²) in [5.41, 5.74) is 12.0. The standard InChI is InChI=1S/C29H55N7O8/c1-5-6-7-11-22(21(31)10-8-15-30)35-24(17-37)19(2)34-25(18-38)28(42)36-23(12-9-16-33-20(3)32-4)29(43)44-27(41)14-13-26(39)40/h5-6,17-25,27,32-35,41H,7-16,30-31H2,1-4H3,(H,36,42)(H,39,40). The Morgan fingerprint density at radius 2 is 1.70 bits per heavy atom. The zero-order chi connectivity index (χ0) is 33.5. The van der Waals surface area contributed by atoms with Crippen LogP contribution in [0, 0.1) is 0 Å². The second-order valence-electron chi connectivity index (χ2n) is 10.7. The number of nitrogens with two attached hydrogens (primary N) is 2. The molecule has 8 unspecified atom stereocenters. The smallest absolute Gasteiger partial charge is 0.330 e. The molecule has 11 N–H and O–H groups in total. The van der Waals surface area contributed by atoms with Crippen LogP contribution >= 0.6 is 0 Å². The Morgan fingerprint density at radius 3 is 2.27 bits per heavy atom. The maximum Gasteiger partial charge on any atom is 0.330 e. The van der Waals surface area contributed by atoms with E-state index in [0.29, 0.717) is 44.9 Å². The van der Waals surface area contributed by atoms with Gasteiger partial charge in [-0.2, -0.15) is 0 Å². The molecular weight excluding hydrogens is 574 g/mol. The minimum Gasteiger partial charge on any atom is -0.481 e. The number of allylic oxidation sites excluding steroid dienone is 2. The number of carboxylic acid groups (broad SMARTS) is 1. The van der Waals surface area contributed by atoms with Crippen LogP contribution in [0.1, 0.15) is 72.1 Å². The van der Waals surface area contributed by atoms with Crippen LogP contribution in [0.5, 0.6) is 0 Å². The summed E-state index contributed by atoms with van der Waals surface area (Å²) in [6, 6.07) is -4.63. The van der Waals surface area contributed by atoms with E-state index in [2.05, 4.69) is 26.6 Å². The lowest BCUT2D eigenvalue weighted by atomic mass is 9.97. The van der Waals surface area contributed by atoms with Gasteiger partial charge in [0.15, 0.2) is 0 Å². The monoisotopic (exact) mass is 629 g/mol. The van der Waals surface area contributed by atoms with E-state index in [9.17, 15) is 29.1 Å². The third-order valence-corrected chi connectivity index (χ3v) is 7.10. The molecule has 44 heavy (non-hydrogen) atoms. The number of nitrogens with one attached hydrogen (secondary N) is 5. The third-order valence-electron chi connectivity index (χ3n) is 7.10. The molecule has 15 heteroatoms. The van der Waals surface area contributed by atoms with Crippen molar-refractivity contribution in [3.05, 3.63) is 12.2 Å². The van der Waals surface area contributed by atoms with Crippen LogP contribution in [0.25, 0.3) is 0 Å². The Balaban J connectivity index is 5.54. The maximum absolute atomic E-state index is 13.1. The van der Waals surface area contributed by atoms with Crippen LogP contribution < -0.4 is 38.1 Å². The fourth-order valence-corrected chi connectivity index (χ4v) is 4.29. The fraction of sp³-hybridized carbons (Fsp3) is 0.759. The van der Waals surface area contributed by atoms with E-state index < -0.39 is 54.7 Å². The molecule has 0 radical (unpaired) electrons. The van der Waals surface area contributed by atoms with E-state index in [1.807, 2.05) is 26.0 Å². The largest absolute Gasteiger partial charge is 0.481 e. The summed E-state index contributed by atoms with van der Waals surface area (Å²) in [4.78, 5) is 60.7. The van der Waals surface area contributed by atoms with Gasteiger partial charge in [-0.25, -0.2) is 4.79 Å². The van der Waals surface area contributed by atoms with Crippen molar-refractivity contribution in [2.75, 3.05) is 20.1 Å². The van der Waals surface area contributed by atoms with E-state index in [1.54, 1.807) is 14.0 Å². The summed E-state index contributed by atoms with van der Waals surface area (Å²) < 4.78 is 4.96. The molecule has 0 bridgehead atoms. The molecule has 1 amide bonds. The zero-order valence-corrected chi connectivity index (χ0v) is 26.5. The van der Waals surface area contributed by atoms with Gasteiger partial charge in [0.25, 0.3) is 0 Å². The van der Waals surface area contributed by atoms with Gasteiger partial charge in [-0.1, -0.05) is 12.2 Å². The van der Waals surface area contributed by atoms with Gasteiger partial charge in [-0.15, -0.1) is 0 Å². The predicted octanol–water partition coefficient (Wildman–Crippen LogP) is -1.37. The Kier molecular flexibility index (Phi) is 23.0. The Hall–Kier alpha value is -2.79. The summed E-state index contributed by atoms with van der Waals surface area (Å²) in [5.74, 6) is -2.98. The molecular formula is C29H55N7O8. The van der Waals surface area contributed by atoms with E-state index >= 15 is 0 Å². The first-order valence-corrected chi connectivity index (χ1v) is 15.2. The van der Waals surface area contributed by atoms with Crippen molar-refractivity contribution in [1.82, 2.24) is 26.6 Å². The van der Waals surface area contributed by atoms with Crippen LogP contribution in [0.3, 0.4) is 0 Å². The van der Waals surface area contributed by atoms with Crippen LogP contribution in [-0.2, 0) is 28.7 Å². The summed E-state index contributed by atoms with van der Waals surface area (Å²) in [5, 5.41) is 33.5. The number of rotatable bonds is 27. The number of amides is 1. The number of carbonyl (C=O) groups is 5. The first-order valence-electron chi connectivity index (χ1n) is 15.2. The topological polar surface area (TPSA) is 247 Å². The molecule has 0 saturated heterocycles. The van der Waals surface area contributed by atoms with Crippen molar-refractivity contribution in [2.24, 2.45) is 11.5 Å². The quantitative estimate of drug-likeness (QED) is 0.0127. The van der Waals surface area contributed by atoms with Crippen molar-refractivity contribution in [1.29, 1.82) is 0 Å². The number of hydrogen-bond donors (Lipinski definition) is 9. The molecule has 0 aliphatic rings. The molecule has 0 spiro atoms. The molecule has 0 heterocycles. The minimum atomic E-state index is -1.68. The van der Waals surface area contributed by atoms with Crippen molar-refractivity contribution in [3.63, 3.8) is 0 Å². The average Bonchev–Trinajstić information content (AvgIpc) is 3.00. The van der Waals surface area contributed by atoms with Gasteiger partial charge in [-0.3, -0.25) is 14.9 Å². The second-order valence-corrected chi connectivity index (χ2v) is 10.7. The highest BCUT2D eigenvalue weighted by Gasteiger charge is 2.31. The Morgan fingerprint density at radius 1 is 1.00 bits per heavy atom. The van der Waals surface area contributed by atoms with Crippen molar-refractivity contribution in [2.45, 2.75) is 121 Å². The van der Waals surface area contributed by atoms with Crippen LogP contribution in [0.2, 0.25) is 0 Å². The van der Waals surface area contributed by atoms with Gasteiger partial charge in [0.05, 0.1) is 18.6 Å². The zero-order valence-electron chi connectivity index (χ0n) is 26.5. The molecule has 0 rings (SSSR count). The predicted molar refractivity (Wildman–Crippen MR) is 166 cm³/mol. The number of aliphatic hydroxyl groups excluding tert-OH is 1. The van der Waals surface area contributed by atoms with Gasteiger partial charge in [0.2, 0.25) is 12.2 Å². The molecule has 0 aliphatic heterocycles. The molecule has 0 fully saturated rings. The van der Waals surface area contributed by atoms with Crippen molar-refractivity contribution >= 4 is 30.4 Å². The molecule has 0 aliphatic carbocycles. The minimum absolute atomic E-state index is 0.00439. The number of aliphatic hydroxyl groups is 1.